The first-order valence-electron chi connectivity index (χ1n) is 10.3. The normalized spacial score (nSPS) is 18.9. The van der Waals surface area contributed by atoms with Crippen LogP contribution in [0.25, 0.3) is 11.1 Å². The van der Waals surface area contributed by atoms with Crippen LogP contribution in [-0.4, -0.2) is 30.9 Å². The van der Waals surface area contributed by atoms with Gasteiger partial charge in [0.25, 0.3) is 0 Å². The van der Waals surface area contributed by atoms with Gasteiger partial charge in [0, 0.05) is 19.5 Å². The first-order valence-corrected chi connectivity index (χ1v) is 10.3. The Kier molecular flexibility index (Phi) is 5.81. The molecule has 2 N–H and O–H groups in total. The van der Waals surface area contributed by atoms with Gasteiger partial charge in [-0.3, -0.25) is 0 Å². The number of hydrogen-bond donors (Lipinski definition) is 2. The number of benzene rings is 3. The van der Waals surface area contributed by atoms with Crippen molar-refractivity contribution in [2.45, 2.75) is 32.0 Å². The van der Waals surface area contributed by atoms with Gasteiger partial charge in [-0.2, -0.15) is 0 Å². The SMILES string of the molecule is Cc1ccc(-c2ccccc2)c(CC(O)(c2ccccc2)C2CNCCO2)c1C. The molecule has 4 rings (SSSR count). The molecule has 0 saturated carbocycles. The molecule has 3 nitrogen and oxygen atoms in total. The van der Waals surface area contributed by atoms with E-state index in [1.54, 1.807) is 0 Å². The van der Waals surface area contributed by atoms with Gasteiger partial charge in [0.05, 0.1) is 6.61 Å². The lowest BCUT2D eigenvalue weighted by Crippen LogP contribution is -2.52. The van der Waals surface area contributed by atoms with Crippen molar-refractivity contribution in [1.82, 2.24) is 5.32 Å². The van der Waals surface area contributed by atoms with E-state index in [4.69, 9.17) is 4.74 Å². The molecule has 0 radical (unpaired) electrons. The second-order valence-electron chi connectivity index (χ2n) is 7.93. The summed E-state index contributed by atoms with van der Waals surface area (Å²) in [6.45, 7) is 6.35. The molecule has 150 valence electrons. The molecule has 3 aromatic carbocycles. The molecular weight excluding hydrogens is 358 g/mol. The van der Waals surface area contributed by atoms with Crippen LogP contribution in [0.1, 0.15) is 22.3 Å². The van der Waals surface area contributed by atoms with Crippen LogP contribution in [0.5, 0.6) is 0 Å². The van der Waals surface area contributed by atoms with Crippen molar-refractivity contribution in [1.29, 1.82) is 0 Å². The van der Waals surface area contributed by atoms with Crippen LogP contribution in [0, 0.1) is 13.8 Å². The number of aliphatic hydroxyl groups is 1. The Bertz CT molecular complexity index is 949. The molecule has 29 heavy (non-hydrogen) atoms. The number of hydrogen-bond acceptors (Lipinski definition) is 3. The topological polar surface area (TPSA) is 41.5 Å². The van der Waals surface area contributed by atoms with Gasteiger partial charge < -0.3 is 15.2 Å². The zero-order valence-electron chi connectivity index (χ0n) is 17.2. The number of ether oxygens (including phenoxy) is 1. The molecule has 3 aromatic rings. The van der Waals surface area contributed by atoms with E-state index < -0.39 is 5.60 Å². The summed E-state index contributed by atoms with van der Waals surface area (Å²) in [5.74, 6) is 0. The number of nitrogens with one attached hydrogen (secondary N) is 1. The molecule has 1 aliphatic heterocycles. The summed E-state index contributed by atoms with van der Waals surface area (Å²) >= 11 is 0. The molecule has 0 amide bonds. The van der Waals surface area contributed by atoms with Crippen LogP contribution >= 0.6 is 0 Å². The molecule has 2 unspecified atom stereocenters. The van der Waals surface area contributed by atoms with Gasteiger partial charge >= 0.3 is 0 Å². The maximum Gasteiger partial charge on any atom is 0.121 e. The predicted octanol–water partition coefficient (Wildman–Crippen LogP) is 4.39. The third-order valence-electron chi connectivity index (χ3n) is 6.13. The quantitative estimate of drug-likeness (QED) is 0.682. The fraction of sp³-hybridized carbons (Fsp3) is 0.308. The number of aryl methyl sites for hydroxylation is 1. The molecule has 0 aromatic heterocycles. The van der Waals surface area contributed by atoms with E-state index in [1.807, 2.05) is 36.4 Å². The van der Waals surface area contributed by atoms with Gasteiger partial charge in [-0.1, -0.05) is 72.8 Å². The molecule has 0 aliphatic carbocycles. The van der Waals surface area contributed by atoms with Crippen LogP contribution in [0.3, 0.4) is 0 Å². The molecule has 1 heterocycles. The lowest BCUT2D eigenvalue weighted by Gasteiger charge is -2.40. The first-order chi connectivity index (χ1) is 14.1. The summed E-state index contributed by atoms with van der Waals surface area (Å²) in [4.78, 5) is 0. The molecular formula is C26H29NO2. The highest BCUT2D eigenvalue weighted by Crippen LogP contribution is 2.37. The second kappa shape index (κ2) is 8.50. The van der Waals surface area contributed by atoms with Crippen molar-refractivity contribution in [3.63, 3.8) is 0 Å². The lowest BCUT2D eigenvalue weighted by molar-refractivity contribution is -0.124. The Morgan fingerprint density at radius 1 is 0.966 bits per heavy atom. The van der Waals surface area contributed by atoms with E-state index in [9.17, 15) is 5.11 Å². The molecule has 2 atom stereocenters. The summed E-state index contributed by atoms with van der Waals surface area (Å²) in [7, 11) is 0. The standard InChI is InChI=1S/C26H29NO2/c1-19-13-14-23(21-9-5-3-6-10-21)24(20(19)2)17-26(28,22-11-7-4-8-12-22)25-18-27-15-16-29-25/h3-14,25,27-28H,15-18H2,1-2H3. The lowest BCUT2D eigenvalue weighted by atomic mass is 9.78. The number of rotatable bonds is 5. The van der Waals surface area contributed by atoms with Crippen molar-refractivity contribution < 1.29 is 9.84 Å². The van der Waals surface area contributed by atoms with Gasteiger partial charge in [0.1, 0.15) is 11.7 Å². The van der Waals surface area contributed by atoms with Crippen molar-refractivity contribution in [2.75, 3.05) is 19.7 Å². The molecule has 1 saturated heterocycles. The Morgan fingerprint density at radius 2 is 1.66 bits per heavy atom. The van der Waals surface area contributed by atoms with E-state index in [1.165, 1.54) is 27.8 Å². The van der Waals surface area contributed by atoms with Crippen LogP contribution < -0.4 is 5.32 Å². The molecule has 3 heteroatoms. The maximum atomic E-state index is 12.1. The van der Waals surface area contributed by atoms with E-state index in [-0.39, 0.29) is 6.10 Å². The Morgan fingerprint density at radius 3 is 2.31 bits per heavy atom. The highest BCUT2D eigenvalue weighted by Gasteiger charge is 2.41. The fourth-order valence-corrected chi connectivity index (χ4v) is 4.26. The second-order valence-corrected chi connectivity index (χ2v) is 7.93. The Hall–Kier alpha value is -2.46. The molecule has 0 spiro atoms. The van der Waals surface area contributed by atoms with Gasteiger partial charge in [-0.25, -0.2) is 0 Å². The first kappa shape index (κ1) is 19.8. The average Bonchev–Trinajstić information content (AvgIpc) is 2.79. The van der Waals surface area contributed by atoms with Crippen LogP contribution in [0.2, 0.25) is 0 Å². The van der Waals surface area contributed by atoms with Gasteiger partial charge in [0.2, 0.25) is 0 Å². The largest absolute Gasteiger partial charge is 0.382 e. The summed E-state index contributed by atoms with van der Waals surface area (Å²) in [6.07, 6.45) is 0.198. The van der Waals surface area contributed by atoms with E-state index in [0.717, 1.165) is 12.1 Å². The molecule has 1 fully saturated rings. The van der Waals surface area contributed by atoms with Gasteiger partial charge in [-0.15, -0.1) is 0 Å². The van der Waals surface area contributed by atoms with Crippen molar-refractivity contribution >= 4 is 0 Å². The smallest absolute Gasteiger partial charge is 0.121 e. The minimum atomic E-state index is -1.11. The maximum absolute atomic E-state index is 12.1. The summed E-state index contributed by atoms with van der Waals surface area (Å²) in [6, 6.07) is 24.7. The Labute approximate surface area is 173 Å². The summed E-state index contributed by atoms with van der Waals surface area (Å²) < 4.78 is 6.07. The highest BCUT2D eigenvalue weighted by molar-refractivity contribution is 5.70. The van der Waals surface area contributed by atoms with Crippen LogP contribution in [0.15, 0.2) is 72.8 Å². The van der Waals surface area contributed by atoms with Crippen LogP contribution in [-0.2, 0) is 16.8 Å². The number of morpholine rings is 1. The average molecular weight is 388 g/mol. The van der Waals surface area contributed by atoms with E-state index >= 15 is 0 Å². The minimum Gasteiger partial charge on any atom is -0.382 e. The predicted molar refractivity (Wildman–Crippen MR) is 118 cm³/mol. The molecule has 1 aliphatic rings. The third-order valence-corrected chi connectivity index (χ3v) is 6.13. The Balaban J connectivity index is 1.83. The highest BCUT2D eigenvalue weighted by atomic mass is 16.5. The van der Waals surface area contributed by atoms with E-state index in [2.05, 4.69) is 55.6 Å². The van der Waals surface area contributed by atoms with Crippen molar-refractivity contribution in [3.05, 3.63) is 95.1 Å². The summed E-state index contributed by atoms with van der Waals surface area (Å²) in [5.41, 5.74) is 5.76. The zero-order valence-corrected chi connectivity index (χ0v) is 17.2. The molecule has 0 bridgehead atoms. The van der Waals surface area contributed by atoms with Gasteiger partial charge in [-0.05, 0) is 47.2 Å². The van der Waals surface area contributed by atoms with Gasteiger partial charge in [0.15, 0.2) is 0 Å². The fourth-order valence-electron chi connectivity index (χ4n) is 4.26. The van der Waals surface area contributed by atoms with Crippen LogP contribution in [0.4, 0.5) is 0 Å². The van der Waals surface area contributed by atoms with Crippen molar-refractivity contribution in [2.24, 2.45) is 0 Å². The van der Waals surface area contributed by atoms with Crippen molar-refractivity contribution in [3.8, 4) is 11.1 Å². The summed E-state index contributed by atoms with van der Waals surface area (Å²) in [5, 5.41) is 15.5. The monoisotopic (exact) mass is 387 g/mol. The third kappa shape index (κ3) is 3.99. The zero-order chi connectivity index (χ0) is 20.3. The van der Waals surface area contributed by atoms with E-state index in [0.29, 0.717) is 19.6 Å². The minimum absolute atomic E-state index is 0.304.